The number of nitrogens with one attached hydrogen (secondary N) is 1. The summed E-state index contributed by atoms with van der Waals surface area (Å²) in [4.78, 5) is 40.6. The van der Waals surface area contributed by atoms with Crippen molar-refractivity contribution >= 4 is 23.8 Å². The van der Waals surface area contributed by atoms with E-state index in [0.717, 1.165) is 6.92 Å². The number of nitrogens with two attached hydrogens (primary N) is 1. The molecule has 0 heterocycles. The van der Waals surface area contributed by atoms with Gasteiger partial charge in [-0.05, 0) is 13.8 Å². The van der Waals surface area contributed by atoms with Crippen LogP contribution >= 0.6 is 0 Å². The highest BCUT2D eigenvalue weighted by molar-refractivity contribution is 5.88. The predicted molar refractivity (Wildman–Crippen MR) is 92.3 cm³/mol. The number of ether oxygens (including phenoxy) is 3. The fraction of sp³-hybridized carbons (Fsp3) is 0.733. The number of halogens is 8. The molecule has 0 unspecified atom stereocenters. The molecule has 0 aliphatic rings. The minimum absolute atomic E-state index is 0.293. The topological polar surface area (TPSA) is 174 Å². The highest BCUT2D eigenvalue weighted by Gasteiger charge is 2.64. The van der Waals surface area contributed by atoms with E-state index in [4.69, 9.17) is 15.9 Å². The van der Waals surface area contributed by atoms with E-state index in [9.17, 15) is 54.3 Å². The molecule has 2 atom stereocenters. The molecule has 1 amide bonds. The molecule has 0 aromatic heterocycles. The van der Waals surface area contributed by atoms with Crippen LogP contribution in [0.5, 0.6) is 0 Å². The first kappa shape index (κ1) is 35.8. The van der Waals surface area contributed by atoms with Crippen LogP contribution in [0.3, 0.4) is 0 Å². The Morgan fingerprint density at radius 1 is 0.765 bits per heavy atom. The highest BCUT2D eigenvalue weighted by Crippen LogP contribution is 2.36. The first-order valence-corrected chi connectivity index (χ1v) is 8.22. The van der Waals surface area contributed by atoms with Crippen molar-refractivity contribution in [2.24, 2.45) is 5.73 Å². The first-order chi connectivity index (χ1) is 15.0. The molecule has 34 heavy (non-hydrogen) atoms. The molecule has 0 aromatic carbocycles. The maximum absolute atomic E-state index is 12.7. The lowest BCUT2D eigenvalue weighted by molar-refractivity contribution is -0.329. The third-order valence-electron chi connectivity index (χ3n) is 3.08. The number of carboxylic acids is 2. The second kappa shape index (κ2) is 13.8. The summed E-state index contributed by atoms with van der Waals surface area (Å²) < 4.78 is 109. The van der Waals surface area contributed by atoms with Gasteiger partial charge >= 0.3 is 47.9 Å². The maximum atomic E-state index is 12.7. The number of hydrogen-bond acceptors (Lipinski definition) is 8. The van der Waals surface area contributed by atoms with Crippen molar-refractivity contribution in [2.75, 3.05) is 21.3 Å². The van der Waals surface area contributed by atoms with Crippen LogP contribution in [0.15, 0.2) is 0 Å². The van der Waals surface area contributed by atoms with Gasteiger partial charge in [0, 0.05) is 14.2 Å². The molecule has 0 bridgehead atoms. The molecule has 0 saturated carbocycles. The number of rotatable bonds is 9. The maximum Gasteiger partial charge on any atom is 0.431 e. The number of methoxy groups -OCH3 is 3. The lowest BCUT2D eigenvalue weighted by Gasteiger charge is -2.24. The van der Waals surface area contributed by atoms with Gasteiger partial charge in [-0.1, -0.05) is 0 Å². The molecule has 0 radical (unpaired) electrons. The zero-order valence-corrected chi connectivity index (χ0v) is 18.0. The number of carbonyl (C=O) groups excluding carboxylic acids is 2. The summed E-state index contributed by atoms with van der Waals surface area (Å²) in [6, 6.07) is -2.45. The van der Waals surface area contributed by atoms with E-state index in [1.165, 1.54) is 12.2 Å². The molecular weight excluding hydrogens is 504 g/mol. The minimum atomic E-state index is -5.15. The van der Waals surface area contributed by atoms with E-state index in [-0.39, 0.29) is 0 Å². The summed E-state index contributed by atoms with van der Waals surface area (Å²) in [5.74, 6) is -17.5. The van der Waals surface area contributed by atoms with Gasteiger partial charge in [0.1, 0.15) is 12.1 Å². The van der Waals surface area contributed by atoms with Crippen LogP contribution in [0.4, 0.5) is 35.1 Å². The summed E-state index contributed by atoms with van der Waals surface area (Å²) in [6.45, 7) is 2.27. The molecule has 5 N–H and O–H groups in total. The second-order valence-corrected chi connectivity index (χ2v) is 5.74. The van der Waals surface area contributed by atoms with Crippen molar-refractivity contribution in [1.82, 2.24) is 5.32 Å². The normalized spacial score (nSPS) is 13.7. The number of aliphatic carboxylic acids is 2. The zero-order valence-electron chi connectivity index (χ0n) is 18.0. The monoisotopic (exact) mass is 526 g/mol. The lowest BCUT2D eigenvalue weighted by Crippen LogP contribution is -2.56. The van der Waals surface area contributed by atoms with Gasteiger partial charge in [0.05, 0.1) is 7.11 Å². The Kier molecular flexibility index (Phi) is 14.5. The van der Waals surface area contributed by atoms with Crippen LogP contribution in [0.2, 0.25) is 0 Å². The third kappa shape index (κ3) is 10.4. The van der Waals surface area contributed by atoms with Crippen molar-refractivity contribution in [1.29, 1.82) is 0 Å². The Hall–Kier alpha value is -2.80. The molecule has 0 fully saturated rings. The van der Waals surface area contributed by atoms with Gasteiger partial charge in [-0.3, -0.25) is 14.4 Å². The van der Waals surface area contributed by atoms with Crippen LogP contribution in [-0.2, 0) is 33.4 Å². The summed E-state index contributed by atoms with van der Waals surface area (Å²) in [5.41, 5.74) is 4.84. The van der Waals surface area contributed by atoms with Crippen molar-refractivity contribution in [3.63, 3.8) is 0 Å². The summed E-state index contributed by atoms with van der Waals surface area (Å²) >= 11 is 0. The molecule has 11 nitrogen and oxygen atoms in total. The average molecular weight is 526 g/mol. The van der Waals surface area contributed by atoms with Crippen molar-refractivity contribution < 1.29 is 78.7 Å². The summed E-state index contributed by atoms with van der Waals surface area (Å²) in [6.07, 6.45) is -9.85. The van der Waals surface area contributed by atoms with Gasteiger partial charge in [0.2, 0.25) is 0 Å². The second-order valence-electron chi connectivity index (χ2n) is 5.74. The Balaban J connectivity index is -0.000000469. The number of carbonyl (C=O) groups is 4. The molecule has 0 aliphatic heterocycles. The Morgan fingerprint density at radius 3 is 1.32 bits per heavy atom. The number of alkyl halides is 8. The predicted octanol–water partition coefficient (Wildman–Crippen LogP) is 0.902. The van der Waals surface area contributed by atoms with Crippen molar-refractivity contribution in [2.45, 2.75) is 50.0 Å². The van der Waals surface area contributed by atoms with Crippen LogP contribution in [-0.4, -0.2) is 91.5 Å². The molecule has 0 spiro atoms. The summed E-state index contributed by atoms with van der Waals surface area (Å²) in [7, 11) is 1.22. The molecular formula is C15H22F8N2O9. The molecule has 0 rings (SSSR count). The summed E-state index contributed by atoms with van der Waals surface area (Å²) in [5, 5.41) is 17.4. The van der Waals surface area contributed by atoms with Crippen molar-refractivity contribution in [3.8, 4) is 0 Å². The first-order valence-electron chi connectivity index (χ1n) is 8.22. The fourth-order valence-corrected chi connectivity index (χ4v) is 0.985. The van der Waals surface area contributed by atoms with Gasteiger partial charge in [0.15, 0.2) is 0 Å². The van der Waals surface area contributed by atoms with E-state index in [1.807, 2.05) is 0 Å². The van der Waals surface area contributed by atoms with E-state index in [0.29, 0.717) is 21.3 Å². The Bertz CT molecular complexity index is 705. The van der Waals surface area contributed by atoms with Crippen molar-refractivity contribution in [3.05, 3.63) is 0 Å². The molecule has 0 saturated heterocycles. The number of hydrogen-bond donors (Lipinski definition) is 4. The van der Waals surface area contributed by atoms with Gasteiger partial charge in [0.25, 0.3) is 0 Å². The van der Waals surface area contributed by atoms with Gasteiger partial charge in [-0.2, -0.15) is 35.1 Å². The Labute approximate surface area is 186 Å². The SMILES string of the molecule is COC(=O)C(F)(F)C(F)(F)OC.COC(F)(F)C(F)(F)C(=O)N[C@H](C)C(=O)O.C[C@@H](N)C(=O)O. The minimum Gasteiger partial charge on any atom is -0.480 e. The van der Waals surface area contributed by atoms with Crippen LogP contribution in [0.1, 0.15) is 13.8 Å². The van der Waals surface area contributed by atoms with E-state index >= 15 is 0 Å². The quantitative estimate of drug-likeness (QED) is 0.250. The van der Waals surface area contributed by atoms with Gasteiger partial charge < -0.3 is 35.5 Å². The lowest BCUT2D eigenvalue weighted by atomic mass is 10.2. The van der Waals surface area contributed by atoms with E-state index < -0.39 is 60.0 Å². The van der Waals surface area contributed by atoms with E-state index in [1.54, 1.807) is 0 Å². The molecule has 0 aliphatic carbocycles. The molecule has 202 valence electrons. The Morgan fingerprint density at radius 2 is 1.09 bits per heavy atom. The van der Waals surface area contributed by atoms with Crippen LogP contribution < -0.4 is 11.1 Å². The number of esters is 1. The van der Waals surface area contributed by atoms with E-state index in [2.05, 4.69) is 14.2 Å². The zero-order chi connectivity index (χ0) is 28.3. The highest BCUT2D eigenvalue weighted by atomic mass is 19.3. The number of amides is 1. The van der Waals surface area contributed by atoms with Gasteiger partial charge in [-0.15, -0.1) is 0 Å². The fourth-order valence-electron chi connectivity index (χ4n) is 0.985. The number of carboxylic acid groups (broad SMARTS) is 2. The van der Waals surface area contributed by atoms with Crippen LogP contribution in [0.25, 0.3) is 0 Å². The average Bonchev–Trinajstić information content (AvgIpc) is 2.73. The van der Waals surface area contributed by atoms with Gasteiger partial charge in [-0.25, -0.2) is 4.79 Å². The van der Waals surface area contributed by atoms with Crippen LogP contribution in [0, 0.1) is 0 Å². The smallest absolute Gasteiger partial charge is 0.431 e. The third-order valence-corrected chi connectivity index (χ3v) is 3.08. The molecule has 0 aromatic rings. The largest absolute Gasteiger partial charge is 0.480 e. The molecule has 19 heteroatoms. The standard InChI is InChI=1S/C7H9F4NO4.C5H6F4O3.C3H7NO2/c1-3(4(13)14)12-5(15)6(8,9)7(10,11)16-2;1-11-3(10)4(6,7)5(8,9)12-2;1-2(4)3(5)6/h3H,1-2H3,(H,12,15)(H,13,14);1-2H3;2H,4H2,1H3,(H,5,6)/t3-;;2-/m1.1/s1.